The molecule has 5 nitrogen and oxygen atoms in total. The van der Waals surface area contributed by atoms with Crippen LogP contribution in [0.2, 0.25) is 0 Å². The van der Waals surface area contributed by atoms with Gasteiger partial charge in [-0.1, -0.05) is 20.8 Å². The Kier molecular flexibility index (Phi) is 7.89. The number of quaternary nitrogens is 1. The lowest BCUT2D eigenvalue weighted by atomic mass is 9.89. The van der Waals surface area contributed by atoms with Crippen molar-refractivity contribution in [3.8, 4) is 0 Å². The number of carbonyl (C=O) groups excluding carboxylic acids is 1. The van der Waals surface area contributed by atoms with Gasteiger partial charge in [0.25, 0.3) is 0 Å². The topological polar surface area (TPSA) is 63.2 Å². The van der Waals surface area contributed by atoms with Crippen molar-refractivity contribution in [2.75, 3.05) is 45.7 Å². The average molecular weight is 322 g/mol. The Labute approximate surface area is 130 Å². The quantitative estimate of drug-likeness (QED) is 0.489. The van der Waals surface area contributed by atoms with Crippen LogP contribution in [0, 0.1) is 5.41 Å². The summed E-state index contributed by atoms with van der Waals surface area (Å²) in [5, 5.41) is 2.98. The van der Waals surface area contributed by atoms with Crippen LogP contribution < -0.4 is 5.32 Å². The highest BCUT2D eigenvalue weighted by molar-refractivity contribution is 7.90. The first-order chi connectivity index (χ1) is 9.40. The number of rotatable bonds is 10. The maximum atomic E-state index is 11.9. The first-order valence-electron chi connectivity index (χ1n) is 7.68. The van der Waals surface area contributed by atoms with Crippen LogP contribution in [0.4, 0.5) is 0 Å². The molecule has 0 aromatic carbocycles. The summed E-state index contributed by atoms with van der Waals surface area (Å²) < 4.78 is 23.0. The number of hydrogen-bond acceptors (Lipinski definition) is 3. The third kappa shape index (κ3) is 9.85. The summed E-state index contributed by atoms with van der Waals surface area (Å²) in [6, 6.07) is 0. The number of nitrogens with zero attached hydrogens (tertiary/aromatic N) is 1. The van der Waals surface area contributed by atoms with Crippen LogP contribution >= 0.6 is 0 Å². The highest BCUT2D eigenvalue weighted by Gasteiger charge is 2.24. The smallest absolute Gasteiger partial charge is 0.225 e. The molecule has 0 saturated heterocycles. The molecular weight excluding hydrogens is 288 g/mol. The van der Waals surface area contributed by atoms with E-state index in [9.17, 15) is 13.2 Å². The Hall–Kier alpha value is -0.620. The van der Waals surface area contributed by atoms with Crippen LogP contribution in [0.15, 0.2) is 0 Å². The molecule has 0 aliphatic heterocycles. The summed E-state index contributed by atoms with van der Waals surface area (Å²) >= 11 is 0. The van der Waals surface area contributed by atoms with Gasteiger partial charge in [0.15, 0.2) is 0 Å². The van der Waals surface area contributed by atoms with Gasteiger partial charge in [-0.25, -0.2) is 8.42 Å². The molecule has 0 heterocycles. The molecule has 126 valence electrons. The van der Waals surface area contributed by atoms with Crippen LogP contribution in [0.3, 0.4) is 0 Å². The van der Waals surface area contributed by atoms with Gasteiger partial charge in [0.1, 0.15) is 9.84 Å². The number of carbonyl (C=O) groups is 1. The highest BCUT2D eigenvalue weighted by atomic mass is 32.2. The van der Waals surface area contributed by atoms with Gasteiger partial charge in [-0.15, -0.1) is 0 Å². The molecule has 21 heavy (non-hydrogen) atoms. The summed E-state index contributed by atoms with van der Waals surface area (Å²) in [6.07, 6.45) is 3.68. The van der Waals surface area contributed by atoms with E-state index in [1.54, 1.807) is 0 Å². The molecule has 0 unspecified atom stereocenters. The second-order valence-corrected chi connectivity index (χ2v) is 9.47. The second kappa shape index (κ2) is 8.13. The minimum atomic E-state index is -2.87. The maximum absolute atomic E-state index is 11.9. The van der Waals surface area contributed by atoms with E-state index in [4.69, 9.17) is 0 Å². The van der Waals surface area contributed by atoms with Crippen molar-refractivity contribution in [2.45, 2.75) is 40.0 Å². The van der Waals surface area contributed by atoms with E-state index >= 15 is 0 Å². The van der Waals surface area contributed by atoms with E-state index in [1.807, 2.05) is 20.8 Å². The van der Waals surface area contributed by atoms with E-state index in [-0.39, 0.29) is 17.1 Å². The van der Waals surface area contributed by atoms with E-state index in [0.717, 1.165) is 30.4 Å². The molecule has 0 spiro atoms. The molecule has 6 heteroatoms. The van der Waals surface area contributed by atoms with Crippen LogP contribution in [0.1, 0.15) is 40.0 Å². The number of amides is 1. The predicted octanol–water partition coefficient (Wildman–Crippen LogP) is 1.44. The molecule has 0 rings (SSSR count). The molecule has 0 aliphatic rings. The van der Waals surface area contributed by atoms with Crippen molar-refractivity contribution in [2.24, 2.45) is 5.41 Å². The van der Waals surface area contributed by atoms with Crippen molar-refractivity contribution >= 4 is 15.7 Å². The lowest BCUT2D eigenvalue weighted by molar-refractivity contribution is -0.890. The van der Waals surface area contributed by atoms with E-state index < -0.39 is 9.84 Å². The van der Waals surface area contributed by atoms with Crippen molar-refractivity contribution in [1.29, 1.82) is 0 Å². The lowest BCUT2D eigenvalue weighted by Crippen LogP contribution is -2.44. The zero-order valence-corrected chi connectivity index (χ0v) is 15.3. The molecule has 0 bridgehead atoms. The molecule has 0 aromatic rings. The summed E-state index contributed by atoms with van der Waals surface area (Å²) in [5.41, 5.74) is -0.306. The summed E-state index contributed by atoms with van der Waals surface area (Å²) in [7, 11) is 1.33. The van der Waals surface area contributed by atoms with Gasteiger partial charge in [0.05, 0.1) is 32.9 Å². The first kappa shape index (κ1) is 20.4. The standard InChI is InChI=1S/C15H32N2O3S/c1-7-15(2,3)14(18)16-10-8-11-17(4,5)12-9-13-21(6,19)20/h7-13H2,1-6H3/p+1. The van der Waals surface area contributed by atoms with Crippen molar-refractivity contribution in [1.82, 2.24) is 5.32 Å². The van der Waals surface area contributed by atoms with E-state index in [1.165, 1.54) is 6.26 Å². The molecule has 1 amide bonds. The van der Waals surface area contributed by atoms with Gasteiger partial charge in [-0.2, -0.15) is 0 Å². The third-order valence-electron chi connectivity index (χ3n) is 4.00. The minimum absolute atomic E-state index is 0.104. The number of nitrogens with one attached hydrogen (secondary N) is 1. The van der Waals surface area contributed by atoms with Gasteiger partial charge in [0.2, 0.25) is 5.91 Å². The Morgan fingerprint density at radius 2 is 1.67 bits per heavy atom. The highest BCUT2D eigenvalue weighted by Crippen LogP contribution is 2.19. The summed E-state index contributed by atoms with van der Waals surface area (Å²) in [6.45, 7) is 8.36. The minimum Gasteiger partial charge on any atom is -0.355 e. The van der Waals surface area contributed by atoms with Gasteiger partial charge in [0, 0.05) is 31.1 Å². The van der Waals surface area contributed by atoms with Crippen LogP contribution in [0.5, 0.6) is 0 Å². The monoisotopic (exact) mass is 321 g/mol. The van der Waals surface area contributed by atoms with E-state index in [0.29, 0.717) is 13.0 Å². The Bertz CT molecular complexity index is 428. The largest absolute Gasteiger partial charge is 0.355 e. The molecular formula is C15H33N2O3S+. The molecule has 1 N–H and O–H groups in total. The Morgan fingerprint density at radius 1 is 1.14 bits per heavy atom. The number of sulfone groups is 1. The van der Waals surface area contributed by atoms with Crippen LogP contribution in [-0.2, 0) is 14.6 Å². The zero-order valence-electron chi connectivity index (χ0n) is 14.5. The third-order valence-corrected chi connectivity index (χ3v) is 5.03. The van der Waals surface area contributed by atoms with Gasteiger partial charge < -0.3 is 9.80 Å². The molecule has 0 aliphatic carbocycles. The maximum Gasteiger partial charge on any atom is 0.225 e. The Morgan fingerprint density at radius 3 is 2.14 bits per heavy atom. The fraction of sp³-hybridized carbons (Fsp3) is 0.933. The fourth-order valence-electron chi connectivity index (χ4n) is 1.98. The van der Waals surface area contributed by atoms with Crippen LogP contribution in [-0.4, -0.2) is 64.5 Å². The zero-order chi connectivity index (χ0) is 16.7. The Balaban J connectivity index is 3.97. The molecule has 0 saturated carbocycles. The average Bonchev–Trinajstić information content (AvgIpc) is 2.32. The molecule has 0 aromatic heterocycles. The van der Waals surface area contributed by atoms with Gasteiger partial charge in [-0.3, -0.25) is 4.79 Å². The predicted molar refractivity (Wildman–Crippen MR) is 87.9 cm³/mol. The normalized spacial score (nSPS) is 13.2. The lowest BCUT2D eigenvalue weighted by Gasteiger charge is -2.30. The van der Waals surface area contributed by atoms with Gasteiger partial charge in [-0.05, 0) is 6.42 Å². The van der Waals surface area contributed by atoms with Crippen LogP contribution in [0.25, 0.3) is 0 Å². The molecule has 0 fully saturated rings. The van der Waals surface area contributed by atoms with E-state index in [2.05, 4.69) is 19.4 Å². The fourth-order valence-corrected chi connectivity index (χ4v) is 2.63. The molecule has 0 atom stereocenters. The van der Waals surface area contributed by atoms with Crippen molar-refractivity contribution in [3.63, 3.8) is 0 Å². The van der Waals surface area contributed by atoms with Gasteiger partial charge >= 0.3 is 0 Å². The second-order valence-electron chi connectivity index (χ2n) is 7.21. The van der Waals surface area contributed by atoms with Crippen molar-refractivity contribution in [3.05, 3.63) is 0 Å². The SMILES string of the molecule is CCC(C)(C)C(=O)NCCC[N+](C)(C)CCCS(C)(=O)=O. The van der Waals surface area contributed by atoms with Crippen molar-refractivity contribution < 1.29 is 17.7 Å². The summed E-state index contributed by atoms with van der Waals surface area (Å²) in [5.74, 6) is 0.350. The number of hydrogen-bond donors (Lipinski definition) is 1. The first-order valence-corrected chi connectivity index (χ1v) is 9.74. The molecule has 0 radical (unpaired) electrons. The summed E-state index contributed by atoms with van der Waals surface area (Å²) in [4.78, 5) is 11.9.